The Morgan fingerprint density at radius 2 is 1.67 bits per heavy atom. The number of rotatable bonds is 4. The lowest BCUT2D eigenvalue weighted by atomic mass is 10.0. The van der Waals surface area contributed by atoms with Gasteiger partial charge in [0, 0.05) is 0 Å². The van der Waals surface area contributed by atoms with Gasteiger partial charge >= 0.3 is 0 Å². The molecule has 4 heteroatoms. The molecule has 0 atom stereocenters. The van der Waals surface area contributed by atoms with Gasteiger partial charge < -0.3 is 9.47 Å². The molecule has 18 heavy (non-hydrogen) atoms. The van der Waals surface area contributed by atoms with E-state index in [9.17, 15) is 4.57 Å². The van der Waals surface area contributed by atoms with Gasteiger partial charge in [-0.1, -0.05) is 30.3 Å². The van der Waals surface area contributed by atoms with Gasteiger partial charge in [-0.25, -0.2) is 0 Å². The van der Waals surface area contributed by atoms with Crippen molar-refractivity contribution in [3.05, 3.63) is 42.5 Å². The highest BCUT2D eigenvalue weighted by molar-refractivity contribution is 7.34. The molecular formula is C14H13O3P. The predicted molar refractivity (Wildman–Crippen MR) is 72.2 cm³/mol. The Morgan fingerprint density at radius 1 is 0.944 bits per heavy atom. The van der Waals surface area contributed by atoms with Crippen LogP contribution < -0.4 is 14.8 Å². The molecule has 0 N–H and O–H groups in total. The van der Waals surface area contributed by atoms with E-state index in [2.05, 4.69) is 0 Å². The first kappa shape index (κ1) is 12.6. The molecule has 2 aromatic rings. The number of benzene rings is 2. The summed E-state index contributed by atoms with van der Waals surface area (Å²) in [6.07, 6.45) is 0. The van der Waals surface area contributed by atoms with Crippen molar-refractivity contribution in [2.75, 3.05) is 14.2 Å². The fraction of sp³-hybridized carbons (Fsp3) is 0.143. The smallest absolute Gasteiger partial charge is 0.196 e. The molecule has 0 heterocycles. The molecule has 0 aromatic heterocycles. The van der Waals surface area contributed by atoms with Crippen molar-refractivity contribution in [1.82, 2.24) is 0 Å². The molecule has 2 aromatic carbocycles. The lowest BCUT2D eigenvalue weighted by molar-refractivity contribution is 0.399. The van der Waals surface area contributed by atoms with Crippen LogP contribution in [0.3, 0.4) is 0 Å². The van der Waals surface area contributed by atoms with E-state index in [1.807, 2.05) is 30.3 Å². The predicted octanol–water partition coefficient (Wildman–Crippen LogP) is 3.29. The third-order valence-corrected chi connectivity index (χ3v) is 3.23. The summed E-state index contributed by atoms with van der Waals surface area (Å²) in [4.78, 5) is 0. The molecule has 0 bridgehead atoms. The minimum absolute atomic E-state index is 0.0692. The van der Waals surface area contributed by atoms with Gasteiger partial charge in [0.05, 0.1) is 25.1 Å². The molecule has 92 valence electrons. The van der Waals surface area contributed by atoms with Crippen molar-refractivity contribution in [3.63, 3.8) is 0 Å². The summed E-state index contributed by atoms with van der Waals surface area (Å²) < 4.78 is 21.9. The second-order valence-corrected chi connectivity index (χ2v) is 4.32. The Morgan fingerprint density at radius 3 is 2.22 bits per heavy atom. The van der Waals surface area contributed by atoms with E-state index in [1.54, 1.807) is 26.4 Å². The van der Waals surface area contributed by atoms with Crippen LogP contribution in [0.25, 0.3) is 11.1 Å². The maximum atomic E-state index is 11.1. The van der Waals surface area contributed by atoms with Crippen LogP contribution in [0.5, 0.6) is 11.5 Å². The van der Waals surface area contributed by atoms with Crippen LogP contribution in [-0.4, -0.2) is 14.2 Å². The SMILES string of the molecule is COc1ccc(P=O)c(OC)c1-c1ccccc1. The van der Waals surface area contributed by atoms with Gasteiger partial charge in [0.2, 0.25) is 0 Å². The molecule has 0 aliphatic rings. The molecular weight excluding hydrogens is 247 g/mol. The van der Waals surface area contributed by atoms with Crippen LogP contribution in [0.4, 0.5) is 0 Å². The highest BCUT2D eigenvalue weighted by Gasteiger charge is 2.16. The number of ether oxygens (including phenoxy) is 2. The van der Waals surface area contributed by atoms with Crippen molar-refractivity contribution in [1.29, 1.82) is 0 Å². The van der Waals surface area contributed by atoms with Crippen molar-refractivity contribution in [3.8, 4) is 22.6 Å². The second kappa shape index (κ2) is 5.65. The summed E-state index contributed by atoms with van der Waals surface area (Å²) in [6.45, 7) is 0. The van der Waals surface area contributed by atoms with Gasteiger partial charge in [-0.3, -0.25) is 4.57 Å². The average molecular weight is 260 g/mol. The lowest BCUT2D eigenvalue weighted by Gasteiger charge is -2.14. The molecule has 0 spiro atoms. The van der Waals surface area contributed by atoms with Crippen molar-refractivity contribution < 1.29 is 14.0 Å². The standard InChI is InChI=1S/C14H13O3P/c1-16-11-8-9-12(18-15)14(17-2)13(11)10-6-4-3-5-7-10/h3-9H,1-2H3. The Balaban J connectivity index is 2.73. The first-order valence-corrected chi connectivity index (χ1v) is 6.26. The first-order valence-electron chi connectivity index (χ1n) is 5.45. The monoisotopic (exact) mass is 260 g/mol. The van der Waals surface area contributed by atoms with Crippen molar-refractivity contribution >= 4 is 13.8 Å². The zero-order chi connectivity index (χ0) is 13.0. The van der Waals surface area contributed by atoms with E-state index in [-0.39, 0.29) is 8.46 Å². The van der Waals surface area contributed by atoms with E-state index >= 15 is 0 Å². The topological polar surface area (TPSA) is 35.5 Å². The van der Waals surface area contributed by atoms with Crippen LogP contribution >= 0.6 is 8.46 Å². The molecule has 2 rings (SSSR count). The largest absolute Gasteiger partial charge is 0.496 e. The Bertz CT molecular complexity index is 552. The Kier molecular flexibility index (Phi) is 3.96. The summed E-state index contributed by atoms with van der Waals surface area (Å²) in [6, 6.07) is 13.3. The van der Waals surface area contributed by atoms with E-state index in [4.69, 9.17) is 9.47 Å². The minimum Gasteiger partial charge on any atom is -0.496 e. The fourth-order valence-corrected chi connectivity index (χ4v) is 2.30. The quantitative estimate of drug-likeness (QED) is 0.791. The molecule has 0 aliphatic heterocycles. The van der Waals surface area contributed by atoms with Gasteiger partial charge in [0.25, 0.3) is 0 Å². The van der Waals surface area contributed by atoms with E-state index in [0.29, 0.717) is 16.8 Å². The van der Waals surface area contributed by atoms with E-state index < -0.39 is 0 Å². The maximum Gasteiger partial charge on any atom is 0.196 e. The first-order chi connectivity index (χ1) is 8.81. The molecule has 0 radical (unpaired) electrons. The van der Waals surface area contributed by atoms with Gasteiger partial charge in [0.15, 0.2) is 8.46 Å². The zero-order valence-corrected chi connectivity index (χ0v) is 11.1. The van der Waals surface area contributed by atoms with Gasteiger partial charge in [0.1, 0.15) is 11.5 Å². The summed E-state index contributed by atoms with van der Waals surface area (Å²) in [5.74, 6) is 1.28. The molecule has 0 saturated heterocycles. The summed E-state index contributed by atoms with van der Waals surface area (Å²) in [5, 5.41) is 0.608. The van der Waals surface area contributed by atoms with E-state index in [1.165, 1.54) is 0 Å². The van der Waals surface area contributed by atoms with Gasteiger partial charge in [-0.15, -0.1) is 0 Å². The summed E-state index contributed by atoms with van der Waals surface area (Å²) in [7, 11) is 3.10. The molecule has 0 aliphatic carbocycles. The molecule has 0 unspecified atom stereocenters. The second-order valence-electron chi connectivity index (χ2n) is 3.65. The summed E-state index contributed by atoms with van der Waals surface area (Å²) in [5.41, 5.74) is 1.79. The average Bonchev–Trinajstić information content (AvgIpc) is 2.46. The molecule has 0 amide bonds. The van der Waals surface area contributed by atoms with Crippen LogP contribution in [0.2, 0.25) is 0 Å². The highest BCUT2D eigenvalue weighted by Crippen LogP contribution is 2.38. The number of hydrogen-bond acceptors (Lipinski definition) is 3. The third-order valence-electron chi connectivity index (χ3n) is 2.68. The highest BCUT2D eigenvalue weighted by atomic mass is 31.1. The normalized spacial score (nSPS) is 10.3. The Labute approximate surface area is 108 Å². The molecule has 0 fully saturated rings. The molecule has 3 nitrogen and oxygen atoms in total. The Hall–Kier alpha value is -1.86. The van der Waals surface area contributed by atoms with Gasteiger partial charge in [-0.2, -0.15) is 0 Å². The minimum atomic E-state index is -0.0692. The van der Waals surface area contributed by atoms with Crippen LogP contribution in [0.15, 0.2) is 42.5 Å². The van der Waals surface area contributed by atoms with E-state index in [0.717, 1.165) is 11.1 Å². The fourth-order valence-electron chi connectivity index (χ4n) is 1.88. The van der Waals surface area contributed by atoms with Crippen molar-refractivity contribution in [2.45, 2.75) is 0 Å². The number of hydrogen-bond donors (Lipinski definition) is 0. The summed E-state index contributed by atoms with van der Waals surface area (Å²) >= 11 is 0. The third kappa shape index (κ3) is 2.22. The van der Waals surface area contributed by atoms with Crippen LogP contribution in [-0.2, 0) is 4.57 Å². The lowest BCUT2D eigenvalue weighted by Crippen LogP contribution is -2.03. The zero-order valence-electron chi connectivity index (χ0n) is 10.2. The van der Waals surface area contributed by atoms with Crippen LogP contribution in [0.1, 0.15) is 0 Å². The van der Waals surface area contributed by atoms with Gasteiger partial charge in [-0.05, 0) is 17.7 Å². The van der Waals surface area contributed by atoms with Crippen LogP contribution in [0, 0.1) is 0 Å². The maximum absolute atomic E-state index is 11.1. The number of methoxy groups -OCH3 is 2. The molecule has 0 saturated carbocycles. The van der Waals surface area contributed by atoms with Crippen molar-refractivity contribution in [2.24, 2.45) is 0 Å².